The van der Waals surface area contributed by atoms with E-state index in [2.05, 4.69) is 0 Å². The maximum absolute atomic E-state index is 12.2. The highest BCUT2D eigenvalue weighted by Gasteiger charge is 2.22. The van der Waals surface area contributed by atoms with Gasteiger partial charge in [-0.2, -0.15) is 0 Å². The molecule has 0 N–H and O–H groups in total. The lowest BCUT2D eigenvalue weighted by Gasteiger charge is -2.20. The first-order valence-corrected chi connectivity index (χ1v) is 6.38. The van der Waals surface area contributed by atoms with Gasteiger partial charge in [0, 0.05) is 25.7 Å². The van der Waals surface area contributed by atoms with Gasteiger partial charge < -0.3 is 4.90 Å². The molecule has 0 saturated carbocycles. The Labute approximate surface area is 121 Å². The van der Waals surface area contributed by atoms with Crippen molar-refractivity contribution < 1.29 is 9.72 Å². The minimum absolute atomic E-state index is 0.00263. The maximum atomic E-state index is 12.2. The van der Waals surface area contributed by atoms with Crippen LogP contribution in [0.15, 0.2) is 12.1 Å². The number of carbonyl (C=O) groups excluding carboxylic acids is 1. The Bertz CT molecular complexity index is 518. The summed E-state index contributed by atoms with van der Waals surface area (Å²) in [5.41, 5.74) is -0.209. The van der Waals surface area contributed by atoms with Crippen LogP contribution in [0.4, 0.5) is 5.69 Å². The lowest BCUT2D eigenvalue weighted by Crippen LogP contribution is -2.30. The molecule has 0 radical (unpaired) electrons. The molecule has 0 bridgehead atoms. The molecule has 0 saturated heterocycles. The normalized spacial score (nSPS) is 10.6. The predicted octanol–water partition coefficient (Wildman–Crippen LogP) is 3.63. The van der Waals surface area contributed by atoms with E-state index in [0.717, 1.165) is 12.1 Å². The molecule has 19 heavy (non-hydrogen) atoms. The van der Waals surface area contributed by atoms with Crippen molar-refractivity contribution in [3.63, 3.8) is 0 Å². The van der Waals surface area contributed by atoms with Gasteiger partial charge in [-0.15, -0.1) is 0 Å². The van der Waals surface area contributed by atoms with E-state index < -0.39 is 4.92 Å². The van der Waals surface area contributed by atoms with Crippen molar-refractivity contribution in [2.75, 3.05) is 13.6 Å². The Balaban J connectivity index is 3.18. The van der Waals surface area contributed by atoms with E-state index >= 15 is 0 Å². The van der Waals surface area contributed by atoms with E-state index in [9.17, 15) is 14.9 Å². The third-order valence-corrected chi connectivity index (χ3v) is 3.24. The monoisotopic (exact) mass is 304 g/mol. The number of hydrogen-bond donors (Lipinski definition) is 0. The molecule has 0 aliphatic carbocycles. The van der Waals surface area contributed by atoms with Gasteiger partial charge in [0.05, 0.1) is 20.5 Å². The average Bonchev–Trinajstić information content (AvgIpc) is 2.30. The molecule has 0 spiro atoms. The van der Waals surface area contributed by atoms with E-state index in [1.807, 2.05) is 13.8 Å². The molecule has 1 aromatic rings. The van der Waals surface area contributed by atoms with Crippen molar-refractivity contribution in [3.05, 3.63) is 37.9 Å². The van der Waals surface area contributed by atoms with Crippen LogP contribution in [0.1, 0.15) is 24.2 Å². The van der Waals surface area contributed by atoms with Crippen LogP contribution in [0.5, 0.6) is 0 Å². The molecule has 0 aromatic heterocycles. The summed E-state index contributed by atoms with van der Waals surface area (Å²) >= 11 is 11.8. The average molecular weight is 305 g/mol. The van der Waals surface area contributed by atoms with E-state index in [4.69, 9.17) is 23.2 Å². The Morgan fingerprint density at radius 2 is 2.00 bits per heavy atom. The minimum Gasteiger partial charge on any atom is -0.341 e. The number of rotatable bonds is 4. The van der Waals surface area contributed by atoms with Crippen LogP contribution in [0.3, 0.4) is 0 Å². The second-order valence-electron chi connectivity index (χ2n) is 4.63. The van der Waals surface area contributed by atoms with Crippen molar-refractivity contribution >= 4 is 34.8 Å². The number of non-ortho nitro benzene ring substituents is 1. The summed E-state index contributed by atoms with van der Waals surface area (Å²) in [6.07, 6.45) is 0. The topological polar surface area (TPSA) is 63.5 Å². The predicted molar refractivity (Wildman–Crippen MR) is 74.9 cm³/mol. The highest BCUT2D eigenvalue weighted by Crippen LogP contribution is 2.31. The molecule has 0 aliphatic rings. The minimum atomic E-state index is -0.610. The maximum Gasteiger partial charge on any atom is 0.271 e. The standard InChI is InChI=1S/C12H14Cl2N2O3/c1-7(2)6-15(3)12(17)9-4-8(16(18)19)5-10(13)11(9)14/h4-5,7H,6H2,1-3H3. The van der Waals surface area contributed by atoms with Gasteiger partial charge in [0.25, 0.3) is 11.6 Å². The summed E-state index contributed by atoms with van der Waals surface area (Å²) in [6, 6.07) is 2.27. The number of carbonyl (C=O) groups is 1. The number of hydrogen-bond acceptors (Lipinski definition) is 3. The van der Waals surface area contributed by atoms with Gasteiger partial charge in [0.1, 0.15) is 0 Å². The number of halogens is 2. The summed E-state index contributed by atoms with van der Waals surface area (Å²) in [5, 5.41) is 10.8. The third kappa shape index (κ3) is 3.81. The highest BCUT2D eigenvalue weighted by atomic mass is 35.5. The van der Waals surface area contributed by atoms with Crippen LogP contribution in [0.25, 0.3) is 0 Å². The lowest BCUT2D eigenvalue weighted by molar-refractivity contribution is -0.384. The zero-order chi connectivity index (χ0) is 14.7. The zero-order valence-corrected chi connectivity index (χ0v) is 12.3. The number of amides is 1. The number of nitrogens with zero attached hydrogens (tertiary/aromatic N) is 2. The second kappa shape index (κ2) is 6.21. The first-order chi connectivity index (χ1) is 8.73. The highest BCUT2D eigenvalue weighted by molar-refractivity contribution is 6.44. The fourth-order valence-corrected chi connectivity index (χ4v) is 2.08. The van der Waals surface area contributed by atoms with E-state index in [-0.39, 0.29) is 33.1 Å². The van der Waals surface area contributed by atoms with Gasteiger partial charge in [-0.3, -0.25) is 14.9 Å². The van der Waals surface area contributed by atoms with E-state index in [1.54, 1.807) is 7.05 Å². The van der Waals surface area contributed by atoms with Crippen LogP contribution in [0.2, 0.25) is 10.0 Å². The molecule has 5 nitrogen and oxygen atoms in total. The Kier molecular flexibility index (Phi) is 5.14. The lowest BCUT2D eigenvalue weighted by atomic mass is 10.1. The molecule has 0 atom stereocenters. The molecule has 0 fully saturated rings. The number of benzene rings is 1. The van der Waals surface area contributed by atoms with Crippen LogP contribution >= 0.6 is 23.2 Å². The van der Waals surface area contributed by atoms with Gasteiger partial charge >= 0.3 is 0 Å². The Morgan fingerprint density at radius 1 is 1.42 bits per heavy atom. The fraction of sp³-hybridized carbons (Fsp3) is 0.417. The first-order valence-electron chi connectivity index (χ1n) is 5.63. The Morgan fingerprint density at radius 3 is 2.47 bits per heavy atom. The summed E-state index contributed by atoms with van der Waals surface area (Å²) in [6.45, 7) is 4.45. The molecule has 1 rings (SSSR count). The largest absolute Gasteiger partial charge is 0.341 e. The molecule has 104 valence electrons. The van der Waals surface area contributed by atoms with Crippen molar-refractivity contribution in [1.29, 1.82) is 0 Å². The molecule has 0 heterocycles. The van der Waals surface area contributed by atoms with Crippen LogP contribution in [0, 0.1) is 16.0 Å². The summed E-state index contributed by atoms with van der Waals surface area (Å²) in [5.74, 6) is -0.105. The molecule has 1 amide bonds. The molecule has 0 unspecified atom stereocenters. The van der Waals surface area contributed by atoms with E-state index in [0.29, 0.717) is 6.54 Å². The van der Waals surface area contributed by atoms with Crippen LogP contribution < -0.4 is 0 Å². The van der Waals surface area contributed by atoms with Crippen molar-refractivity contribution in [1.82, 2.24) is 4.90 Å². The van der Waals surface area contributed by atoms with Crippen molar-refractivity contribution in [2.45, 2.75) is 13.8 Å². The quantitative estimate of drug-likeness (QED) is 0.630. The van der Waals surface area contributed by atoms with Gasteiger partial charge in [-0.25, -0.2) is 0 Å². The van der Waals surface area contributed by atoms with E-state index in [1.165, 1.54) is 4.90 Å². The van der Waals surface area contributed by atoms with Gasteiger partial charge in [-0.1, -0.05) is 37.0 Å². The molecular formula is C12H14Cl2N2O3. The summed E-state index contributed by atoms with van der Waals surface area (Å²) in [4.78, 5) is 23.8. The van der Waals surface area contributed by atoms with Gasteiger partial charge in [0.2, 0.25) is 0 Å². The summed E-state index contributed by atoms with van der Waals surface area (Å²) in [7, 11) is 1.62. The number of nitro benzene ring substituents is 1. The molecule has 7 heteroatoms. The molecule has 1 aromatic carbocycles. The van der Waals surface area contributed by atoms with Crippen molar-refractivity contribution in [3.8, 4) is 0 Å². The van der Waals surface area contributed by atoms with Crippen LogP contribution in [-0.4, -0.2) is 29.3 Å². The van der Waals surface area contributed by atoms with Crippen molar-refractivity contribution in [2.24, 2.45) is 5.92 Å². The smallest absolute Gasteiger partial charge is 0.271 e. The zero-order valence-electron chi connectivity index (χ0n) is 10.8. The Hall–Kier alpha value is -1.33. The second-order valence-corrected chi connectivity index (χ2v) is 5.41. The SMILES string of the molecule is CC(C)CN(C)C(=O)c1cc([N+](=O)[O-])cc(Cl)c1Cl. The van der Waals surface area contributed by atoms with Crippen LogP contribution in [-0.2, 0) is 0 Å². The van der Waals surface area contributed by atoms with Gasteiger partial charge in [-0.05, 0) is 5.92 Å². The fourth-order valence-electron chi connectivity index (χ4n) is 1.67. The number of nitro groups is 1. The third-order valence-electron chi connectivity index (χ3n) is 2.44. The first kappa shape index (κ1) is 15.7. The molecular weight excluding hydrogens is 291 g/mol. The molecule has 0 aliphatic heterocycles. The summed E-state index contributed by atoms with van der Waals surface area (Å²) < 4.78 is 0. The van der Waals surface area contributed by atoms with Gasteiger partial charge in [0.15, 0.2) is 0 Å².